The molecule has 0 atom stereocenters. The molecule has 1 fully saturated rings. The average molecular weight is 406 g/mol. The second kappa shape index (κ2) is 8.73. The first-order valence-corrected chi connectivity index (χ1v) is 10.1. The van der Waals surface area contributed by atoms with Crippen LogP contribution < -0.4 is 11.1 Å². The summed E-state index contributed by atoms with van der Waals surface area (Å²) in [5.74, 6) is 2.31. The molecule has 2 aromatic carbocycles. The molecule has 0 saturated carbocycles. The SMILES string of the molecule is Nc1cc(-c2ccccc2C(F)(F)F)ccc1NC(=O)C=CC1CCSCC1. The third-order valence-electron chi connectivity index (χ3n) is 4.64. The van der Waals surface area contributed by atoms with Gasteiger partial charge in [-0.25, -0.2) is 0 Å². The molecule has 0 bridgehead atoms. The van der Waals surface area contributed by atoms with E-state index in [1.165, 1.54) is 36.4 Å². The van der Waals surface area contributed by atoms with Crippen LogP contribution in [0, 0.1) is 5.92 Å². The number of carbonyl (C=O) groups excluding carboxylic acids is 1. The van der Waals surface area contributed by atoms with Crippen molar-refractivity contribution in [1.29, 1.82) is 0 Å². The van der Waals surface area contributed by atoms with E-state index < -0.39 is 11.7 Å². The summed E-state index contributed by atoms with van der Waals surface area (Å²) >= 11 is 1.92. The van der Waals surface area contributed by atoms with Crippen molar-refractivity contribution in [2.75, 3.05) is 22.6 Å². The van der Waals surface area contributed by atoms with Gasteiger partial charge in [0, 0.05) is 0 Å². The summed E-state index contributed by atoms with van der Waals surface area (Å²) in [4.78, 5) is 12.1. The fraction of sp³-hybridized carbons (Fsp3) is 0.286. The molecule has 1 amide bonds. The maximum atomic E-state index is 13.2. The van der Waals surface area contributed by atoms with Gasteiger partial charge in [0.05, 0.1) is 16.9 Å². The Balaban J connectivity index is 1.74. The zero-order valence-corrected chi connectivity index (χ0v) is 15.9. The lowest BCUT2D eigenvalue weighted by Crippen LogP contribution is -2.12. The molecule has 1 saturated heterocycles. The molecule has 0 spiro atoms. The van der Waals surface area contributed by atoms with E-state index in [-0.39, 0.29) is 17.2 Å². The van der Waals surface area contributed by atoms with Gasteiger partial charge in [0.1, 0.15) is 0 Å². The summed E-state index contributed by atoms with van der Waals surface area (Å²) in [5.41, 5.74) is 6.25. The van der Waals surface area contributed by atoms with Gasteiger partial charge in [0.15, 0.2) is 0 Å². The lowest BCUT2D eigenvalue weighted by atomic mass is 9.98. The van der Waals surface area contributed by atoms with Crippen LogP contribution in [0.15, 0.2) is 54.6 Å². The normalized spacial score (nSPS) is 15.7. The molecule has 0 radical (unpaired) electrons. The van der Waals surface area contributed by atoms with E-state index in [0.717, 1.165) is 30.4 Å². The predicted octanol–water partition coefficient (Wildman–Crippen LogP) is 5.59. The average Bonchev–Trinajstić information content (AvgIpc) is 2.68. The van der Waals surface area contributed by atoms with Gasteiger partial charge in [-0.2, -0.15) is 24.9 Å². The number of nitrogens with one attached hydrogen (secondary N) is 1. The highest BCUT2D eigenvalue weighted by molar-refractivity contribution is 7.99. The predicted molar refractivity (Wildman–Crippen MR) is 109 cm³/mol. The Morgan fingerprint density at radius 3 is 2.54 bits per heavy atom. The maximum Gasteiger partial charge on any atom is 0.417 e. The van der Waals surface area contributed by atoms with Crippen molar-refractivity contribution in [2.24, 2.45) is 5.92 Å². The third-order valence-corrected chi connectivity index (χ3v) is 5.69. The van der Waals surface area contributed by atoms with Gasteiger partial charge in [-0.3, -0.25) is 4.79 Å². The van der Waals surface area contributed by atoms with Crippen LogP contribution in [0.4, 0.5) is 24.5 Å². The number of rotatable bonds is 4. The Bertz CT molecular complexity index is 874. The van der Waals surface area contributed by atoms with Gasteiger partial charge in [-0.1, -0.05) is 30.3 Å². The van der Waals surface area contributed by atoms with Crippen molar-refractivity contribution in [3.63, 3.8) is 0 Å². The lowest BCUT2D eigenvalue weighted by Gasteiger charge is -2.17. The minimum atomic E-state index is -4.46. The molecular weight excluding hydrogens is 385 g/mol. The highest BCUT2D eigenvalue weighted by atomic mass is 32.2. The molecular formula is C21H21F3N2OS. The first kappa shape index (κ1) is 20.3. The Morgan fingerprint density at radius 2 is 1.86 bits per heavy atom. The van der Waals surface area contributed by atoms with Crippen molar-refractivity contribution in [2.45, 2.75) is 19.0 Å². The summed E-state index contributed by atoms with van der Waals surface area (Å²) in [7, 11) is 0. The molecule has 3 N–H and O–H groups in total. The number of hydrogen-bond donors (Lipinski definition) is 2. The van der Waals surface area contributed by atoms with Crippen LogP contribution in [-0.4, -0.2) is 17.4 Å². The second-order valence-electron chi connectivity index (χ2n) is 6.64. The topological polar surface area (TPSA) is 55.1 Å². The molecule has 28 heavy (non-hydrogen) atoms. The smallest absolute Gasteiger partial charge is 0.397 e. The van der Waals surface area contributed by atoms with E-state index >= 15 is 0 Å². The fourth-order valence-electron chi connectivity index (χ4n) is 3.13. The van der Waals surface area contributed by atoms with Gasteiger partial charge in [0.25, 0.3) is 0 Å². The van der Waals surface area contributed by atoms with Crippen molar-refractivity contribution in [1.82, 2.24) is 0 Å². The molecule has 7 heteroatoms. The molecule has 1 aliphatic heterocycles. The van der Waals surface area contributed by atoms with Crippen LogP contribution in [0.25, 0.3) is 11.1 Å². The number of halogens is 3. The minimum Gasteiger partial charge on any atom is -0.397 e. The number of nitrogens with two attached hydrogens (primary N) is 1. The summed E-state index contributed by atoms with van der Waals surface area (Å²) in [6.07, 6.45) is 1.08. The number of hydrogen-bond acceptors (Lipinski definition) is 3. The van der Waals surface area contributed by atoms with Gasteiger partial charge in [-0.05, 0) is 65.7 Å². The fourth-order valence-corrected chi connectivity index (χ4v) is 4.28. The summed E-state index contributed by atoms with van der Waals surface area (Å²) in [6, 6.07) is 9.84. The molecule has 3 nitrogen and oxygen atoms in total. The van der Waals surface area contributed by atoms with Crippen LogP contribution in [0.2, 0.25) is 0 Å². The molecule has 0 unspecified atom stereocenters. The van der Waals surface area contributed by atoms with Crippen LogP contribution in [0.5, 0.6) is 0 Å². The molecule has 0 aromatic heterocycles. The zero-order valence-electron chi connectivity index (χ0n) is 15.1. The van der Waals surface area contributed by atoms with E-state index in [2.05, 4.69) is 5.32 Å². The van der Waals surface area contributed by atoms with Crippen LogP contribution >= 0.6 is 11.8 Å². The number of alkyl halides is 3. The van der Waals surface area contributed by atoms with Crippen LogP contribution in [-0.2, 0) is 11.0 Å². The highest BCUT2D eigenvalue weighted by Gasteiger charge is 2.33. The number of anilines is 2. The van der Waals surface area contributed by atoms with Crippen molar-refractivity contribution in [3.8, 4) is 11.1 Å². The summed E-state index contributed by atoms with van der Waals surface area (Å²) < 4.78 is 39.7. The molecule has 148 valence electrons. The number of nitrogen functional groups attached to an aromatic ring is 1. The van der Waals surface area contributed by atoms with Crippen molar-refractivity contribution < 1.29 is 18.0 Å². The van der Waals surface area contributed by atoms with Gasteiger partial charge in [0.2, 0.25) is 5.91 Å². The Labute approximate surface area is 166 Å². The van der Waals surface area contributed by atoms with E-state index in [1.54, 1.807) is 6.07 Å². The van der Waals surface area contributed by atoms with E-state index in [9.17, 15) is 18.0 Å². The quantitative estimate of drug-likeness (QED) is 0.514. The molecule has 1 aliphatic rings. The number of benzene rings is 2. The first-order chi connectivity index (χ1) is 13.3. The second-order valence-corrected chi connectivity index (χ2v) is 7.87. The molecule has 2 aromatic rings. The van der Waals surface area contributed by atoms with E-state index in [1.807, 2.05) is 17.8 Å². The Kier molecular flexibility index (Phi) is 6.34. The van der Waals surface area contributed by atoms with Gasteiger partial charge in [-0.15, -0.1) is 0 Å². The van der Waals surface area contributed by atoms with E-state index in [0.29, 0.717) is 17.2 Å². The summed E-state index contributed by atoms with van der Waals surface area (Å²) in [5, 5.41) is 2.70. The van der Waals surface area contributed by atoms with Crippen LogP contribution in [0.3, 0.4) is 0 Å². The monoisotopic (exact) mass is 406 g/mol. The number of thioether (sulfide) groups is 1. The Morgan fingerprint density at radius 1 is 1.14 bits per heavy atom. The molecule has 3 rings (SSSR count). The molecule has 0 aliphatic carbocycles. The standard InChI is InChI=1S/C21H21F3N2OS/c22-21(23,24)17-4-2-1-3-16(17)15-6-7-19(18(25)13-15)26-20(27)8-5-14-9-11-28-12-10-14/h1-8,13-14H,9-12,25H2,(H,26,27). The van der Waals surface area contributed by atoms with Crippen molar-refractivity contribution in [3.05, 3.63) is 60.2 Å². The minimum absolute atomic E-state index is 0.0506. The van der Waals surface area contributed by atoms with Gasteiger partial charge >= 0.3 is 6.18 Å². The zero-order chi connectivity index (χ0) is 20.1. The number of carbonyl (C=O) groups is 1. The van der Waals surface area contributed by atoms with E-state index in [4.69, 9.17) is 5.73 Å². The highest BCUT2D eigenvalue weighted by Crippen LogP contribution is 2.38. The maximum absolute atomic E-state index is 13.2. The van der Waals surface area contributed by atoms with Gasteiger partial charge < -0.3 is 11.1 Å². The lowest BCUT2D eigenvalue weighted by molar-refractivity contribution is -0.137. The number of allylic oxidation sites excluding steroid dienone is 1. The largest absolute Gasteiger partial charge is 0.417 e. The Hall–Kier alpha value is -2.41. The third kappa shape index (κ3) is 5.10. The number of amides is 1. The van der Waals surface area contributed by atoms with Crippen LogP contribution in [0.1, 0.15) is 18.4 Å². The summed E-state index contributed by atoms with van der Waals surface area (Å²) in [6.45, 7) is 0. The van der Waals surface area contributed by atoms with Crippen molar-refractivity contribution >= 4 is 29.0 Å². The first-order valence-electron chi connectivity index (χ1n) is 8.97. The molecule has 1 heterocycles.